The van der Waals surface area contributed by atoms with Crippen molar-refractivity contribution in [1.29, 1.82) is 5.41 Å². The van der Waals surface area contributed by atoms with Crippen LogP contribution in [0.25, 0.3) is 0 Å². The van der Waals surface area contributed by atoms with Crippen molar-refractivity contribution in [1.82, 2.24) is 0 Å². The molecule has 1 atom stereocenters. The molecule has 0 unspecified atom stereocenters. The van der Waals surface area contributed by atoms with E-state index in [-0.39, 0.29) is 4.74 Å². The molecule has 0 fully saturated rings. The summed E-state index contributed by atoms with van der Waals surface area (Å²) in [5.74, 6) is 0. The van der Waals surface area contributed by atoms with Gasteiger partial charge in [-0.3, -0.25) is 5.41 Å². The van der Waals surface area contributed by atoms with Crippen LogP contribution >= 0.6 is 15.9 Å². The van der Waals surface area contributed by atoms with Crippen molar-refractivity contribution in [2.75, 3.05) is 0 Å². The molecule has 2 nitrogen and oxygen atoms in total. The summed E-state index contributed by atoms with van der Waals surface area (Å²) >= 11 is 2.82. The SMILES string of the molecule is N=C(Br)N=C[C@H](F)CCc1ccccc1. The highest BCUT2D eigenvalue weighted by atomic mass is 79.9. The van der Waals surface area contributed by atoms with Crippen molar-refractivity contribution in [2.24, 2.45) is 4.99 Å². The lowest BCUT2D eigenvalue weighted by atomic mass is 10.1. The zero-order valence-electron chi connectivity index (χ0n) is 8.16. The highest BCUT2D eigenvalue weighted by Gasteiger charge is 2.03. The van der Waals surface area contributed by atoms with Crippen molar-refractivity contribution in [3.05, 3.63) is 35.9 Å². The Morgan fingerprint density at radius 1 is 1.47 bits per heavy atom. The Bertz CT molecular complexity index is 338. The van der Waals surface area contributed by atoms with Crippen LogP contribution < -0.4 is 0 Å². The lowest BCUT2D eigenvalue weighted by Crippen LogP contribution is -2.04. The van der Waals surface area contributed by atoms with Crippen LogP contribution in [0.5, 0.6) is 0 Å². The number of rotatable bonds is 4. The van der Waals surface area contributed by atoms with E-state index in [4.69, 9.17) is 5.41 Å². The molecule has 1 rings (SSSR count). The highest BCUT2D eigenvalue weighted by Crippen LogP contribution is 2.06. The van der Waals surface area contributed by atoms with E-state index in [2.05, 4.69) is 20.9 Å². The van der Waals surface area contributed by atoms with E-state index in [1.165, 1.54) is 0 Å². The van der Waals surface area contributed by atoms with Gasteiger partial charge in [0.1, 0.15) is 6.17 Å². The largest absolute Gasteiger partial charge is 0.277 e. The molecule has 4 heteroatoms. The monoisotopic (exact) mass is 270 g/mol. The molecule has 1 N–H and O–H groups in total. The number of nitrogens with one attached hydrogen (secondary N) is 1. The second-order valence-electron chi connectivity index (χ2n) is 3.11. The molecule has 0 aliphatic heterocycles. The number of aryl methyl sites for hydroxylation is 1. The van der Waals surface area contributed by atoms with E-state index in [9.17, 15) is 4.39 Å². The van der Waals surface area contributed by atoms with E-state index < -0.39 is 6.17 Å². The Morgan fingerprint density at radius 2 is 2.13 bits per heavy atom. The maximum absolute atomic E-state index is 13.2. The van der Waals surface area contributed by atoms with E-state index in [1.807, 2.05) is 30.3 Å². The van der Waals surface area contributed by atoms with Crippen molar-refractivity contribution in [2.45, 2.75) is 19.0 Å². The molecule has 0 aromatic heterocycles. The van der Waals surface area contributed by atoms with Gasteiger partial charge in [-0.15, -0.1) is 0 Å². The Hall–Kier alpha value is -1.03. The van der Waals surface area contributed by atoms with Gasteiger partial charge in [0.05, 0.1) is 0 Å². The minimum atomic E-state index is -1.09. The van der Waals surface area contributed by atoms with Crippen molar-refractivity contribution >= 4 is 26.9 Å². The molecule has 1 aromatic rings. The average Bonchev–Trinajstić information content (AvgIpc) is 2.25. The van der Waals surface area contributed by atoms with Crippen LogP contribution in [0.4, 0.5) is 4.39 Å². The van der Waals surface area contributed by atoms with Crippen molar-refractivity contribution < 1.29 is 4.39 Å². The topological polar surface area (TPSA) is 36.2 Å². The molecule has 0 saturated carbocycles. The van der Waals surface area contributed by atoms with Gasteiger partial charge in [0.25, 0.3) is 0 Å². The standard InChI is InChI=1S/C11H12BrFN2/c12-11(14)15-8-10(13)7-6-9-4-2-1-3-5-9/h1-5,8,10,14H,6-7H2/t10-/m1/s1. The van der Waals surface area contributed by atoms with Crippen LogP contribution in [0.3, 0.4) is 0 Å². The summed E-state index contributed by atoms with van der Waals surface area (Å²) in [5, 5.41) is 6.94. The first kappa shape index (κ1) is 12.0. The van der Waals surface area contributed by atoms with E-state index in [0.29, 0.717) is 12.8 Å². The maximum atomic E-state index is 13.2. The summed E-state index contributed by atoms with van der Waals surface area (Å²) in [5.41, 5.74) is 1.11. The highest BCUT2D eigenvalue weighted by molar-refractivity contribution is 9.18. The van der Waals surface area contributed by atoms with Crippen LogP contribution in [-0.2, 0) is 6.42 Å². The van der Waals surface area contributed by atoms with Gasteiger partial charge in [0.15, 0.2) is 4.74 Å². The molecule has 0 aliphatic carbocycles. The van der Waals surface area contributed by atoms with Crippen LogP contribution in [-0.4, -0.2) is 17.1 Å². The van der Waals surface area contributed by atoms with Crippen molar-refractivity contribution in [3.63, 3.8) is 0 Å². The molecule has 0 bridgehead atoms. The fraction of sp³-hybridized carbons (Fsp3) is 0.273. The lowest BCUT2D eigenvalue weighted by Gasteiger charge is -2.02. The van der Waals surface area contributed by atoms with Gasteiger partial charge >= 0.3 is 0 Å². The molecule has 0 aliphatic rings. The predicted molar refractivity (Wildman–Crippen MR) is 64.8 cm³/mol. The number of halogens is 2. The molecule has 80 valence electrons. The van der Waals surface area contributed by atoms with Gasteiger partial charge < -0.3 is 0 Å². The molecule has 0 radical (unpaired) electrons. The van der Waals surface area contributed by atoms with Crippen LogP contribution in [0.15, 0.2) is 35.3 Å². The van der Waals surface area contributed by atoms with Gasteiger partial charge in [-0.2, -0.15) is 0 Å². The average molecular weight is 271 g/mol. The first-order valence-electron chi connectivity index (χ1n) is 4.64. The number of nitrogens with zero attached hydrogens (tertiary/aromatic N) is 1. The minimum absolute atomic E-state index is 0.0511. The summed E-state index contributed by atoms with van der Waals surface area (Å²) in [6, 6.07) is 9.74. The molecule has 0 amide bonds. The quantitative estimate of drug-likeness (QED) is 0.495. The van der Waals surface area contributed by atoms with Crippen LogP contribution in [0.1, 0.15) is 12.0 Å². The number of hydrogen-bond donors (Lipinski definition) is 1. The zero-order valence-corrected chi connectivity index (χ0v) is 9.74. The van der Waals surface area contributed by atoms with E-state index in [1.54, 1.807) is 0 Å². The summed E-state index contributed by atoms with van der Waals surface area (Å²) < 4.78 is 13.1. The maximum Gasteiger partial charge on any atom is 0.188 e. The lowest BCUT2D eigenvalue weighted by molar-refractivity contribution is 0.408. The number of aliphatic imine (C=N–C) groups is 1. The molecule has 0 spiro atoms. The molecule has 1 aromatic carbocycles. The summed E-state index contributed by atoms with van der Waals surface area (Å²) in [6.07, 6.45) is 1.14. The van der Waals surface area contributed by atoms with Crippen molar-refractivity contribution in [3.8, 4) is 0 Å². The van der Waals surface area contributed by atoms with Gasteiger partial charge in [0.2, 0.25) is 0 Å². The Morgan fingerprint density at radius 3 is 2.73 bits per heavy atom. The second kappa shape index (κ2) is 6.45. The number of benzene rings is 1. The third kappa shape index (κ3) is 5.42. The molecular weight excluding hydrogens is 259 g/mol. The predicted octanol–water partition coefficient (Wildman–Crippen LogP) is 3.36. The third-order valence-electron chi connectivity index (χ3n) is 1.90. The fourth-order valence-electron chi connectivity index (χ4n) is 1.17. The number of alkyl halides is 1. The molecule has 0 saturated heterocycles. The second-order valence-corrected chi connectivity index (χ2v) is 3.86. The fourth-order valence-corrected chi connectivity index (χ4v) is 1.29. The first-order valence-corrected chi connectivity index (χ1v) is 5.44. The number of hydrogen-bond acceptors (Lipinski definition) is 1. The smallest absolute Gasteiger partial charge is 0.188 e. The molecular formula is C11H12BrFN2. The van der Waals surface area contributed by atoms with Crippen LogP contribution in [0, 0.1) is 5.41 Å². The first-order chi connectivity index (χ1) is 7.18. The van der Waals surface area contributed by atoms with Gasteiger partial charge in [0, 0.05) is 6.21 Å². The van der Waals surface area contributed by atoms with E-state index >= 15 is 0 Å². The molecule has 0 heterocycles. The Labute approximate surface area is 96.9 Å². The minimum Gasteiger partial charge on any atom is -0.277 e. The van der Waals surface area contributed by atoms with Gasteiger partial charge in [-0.25, -0.2) is 9.38 Å². The number of amidine groups is 1. The Kier molecular flexibility index (Phi) is 5.18. The third-order valence-corrected chi connectivity index (χ3v) is 2.11. The Balaban J connectivity index is 2.34. The summed E-state index contributed by atoms with van der Waals surface area (Å²) in [7, 11) is 0. The van der Waals surface area contributed by atoms with Crippen LogP contribution in [0.2, 0.25) is 0 Å². The normalized spacial score (nSPS) is 12.9. The summed E-state index contributed by atoms with van der Waals surface area (Å²) in [4.78, 5) is 3.54. The van der Waals surface area contributed by atoms with E-state index in [0.717, 1.165) is 11.8 Å². The molecule has 15 heavy (non-hydrogen) atoms. The van der Waals surface area contributed by atoms with Gasteiger partial charge in [-0.1, -0.05) is 30.3 Å². The van der Waals surface area contributed by atoms with Gasteiger partial charge in [-0.05, 0) is 34.3 Å². The summed E-state index contributed by atoms with van der Waals surface area (Å²) in [6.45, 7) is 0. The zero-order chi connectivity index (χ0) is 11.1.